The first-order valence-electron chi connectivity index (χ1n) is 8.56. The number of hydrogen-bond acceptors (Lipinski definition) is 2. The molecule has 0 saturated heterocycles. The van der Waals surface area contributed by atoms with E-state index in [9.17, 15) is 10.2 Å². The zero-order valence-corrected chi connectivity index (χ0v) is 15.3. The van der Waals surface area contributed by atoms with E-state index in [0.29, 0.717) is 0 Å². The molecule has 2 N–H and O–H groups in total. The van der Waals surface area contributed by atoms with E-state index in [-0.39, 0.29) is 27.6 Å². The van der Waals surface area contributed by atoms with E-state index in [1.807, 2.05) is 0 Å². The van der Waals surface area contributed by atoms with E-state index in [2.05, 4.69) is 19.1 Å². The second-order valence-corrected chi connectivity index (χ2v) is 8.11. The topological polar surface area (TPSA) is 40.5 Å². The van der Waals surface area contributed by atoms with Crippen molar-refractivity contribution in [2.24, 2.45) is 5.92 Å². The smallest absolute Gasteiger partial charge is 0.0561 e. The van der Waals surface area contributed by atoms with Gasteiger partial charge >= 0.3 is 0 Å². The lowest BCUT2D eigenvalue weighted by atomic mass is 10.0. The van der Waals surface area contributed by atoms with Gasteiger partial charge in [-0.1, -0.05) is 56.3 Å². The maximum atomic E-state index is 9.60. The van der Waals surface area contributed by atoms with Gasteiger partial charge in [-0.05, 0) is 33.6 Å². The molecule has 2 unspecified atom stereocenters. The molecule has 0 aliphatic rings. The van der Waals surface area contributed by atoms with E-state index in [0.717, 1.165) is 6.04 Å². The average Bonchev–Trinajstić information content (AvgIpc) is 2.39. The number of allylic oxidation sites excluding steroid dienone is 2. The van der Waals surface area contributed by atoms with E-state index < -0.39 is 0 Å². The second kappa shape index (κ2) is 13.8. The summed E-state index contributed by atoms with van der Waals surface area (Å²) >= 11 is 0. The molecule has 0 radical (unpaired) electrons. The van der Waals surface area contributed by atoms with Crippen LogP contribution in [0.15, 0.2) is 12.2 Å². The summed E-state index contributed by atoms with van der Waals surface area (Å²) in [5, 5.41) is 19.2. The summed E-state index contributed by atoms with van der Waals surface area (Å²) in [5.74, 6) is 0.105. The molecule has 2 nitrogen and oxygen atoms in total. The van der Waals surface area contributed by atoms with Crippen molar-refractivity contribution in [1.29, 1.82) is 0 Å². The Morgan fingerprint density at radius 2 is 1.45 bits per heavy atom. The normalized spacial score (nSPS) is 17.1. The predicted molar refractivity (Wildman–Crippen MR) is 92.1 cm³/mol. The molecule has 0 amide bonds. The fourth-order valence-corrected chi connectivity index (χ4v) is 5.19. The number of aliphatic hydroxyl groups is 2. The largest absolute Gasteiger partial charge is 0.393 e. The molecule has 20 heavy (non-hydrogen) atoms. The van der Waals surface area contributed by atoms with Crippen molar-refractivity contribution in [1.82, 2.24) is 0 Å². The van der Waals surface area contributed by atoms with Crippen LogP contribution in [0.3, 0.4) is 0 Å². The minimum Gasteiger partial charge on any atom is -0.393 e. The molecule has 0 bridgehead atoms. The van der Waals surface area contributed by atoms with Gasteiger partial charge in [0, 0.05) is 15.4 Å². The summed E-state index contributed by atoms with van der Waals surface area (Å²) in [4.78, 5) is 0. The highest BCUT2D eigenvalue weighted by Gasteiger charge is 2.19. The monoisotopic (exact) mass is 300 g/mol. The van der Waals surface area contributed by atoms with Crippen LogP contribution in [0.4, 0.5) is 0 Å². The van der Waals surface area contributed by atoms with Crippen LogP contribution in [0, 0.1) is 5.92 Å². The average molecular weight is 301 g/mol. The van der Waals surface area contributed by atoms with Gasteiger partial charge < -0.3 is 10.2 Å². The Bertz CT molecular complexity index is 219. The fraction of sp³-hybridized carbons (Fsp3) is 0.882. The van der Waals surface area contributed by atoms with Gasteiger partial charge in [0.05, 0.1) is 12.2 Å². The van der Waals surface area contributed by atoms with Gasteiger partial charge in [0.1, 0.15) is 0 Å². The van der Waals surface area contributed by atoms with Crippen molar-refractivity contribution in [2.75, 3.05) is 0 Å². The van der Waals surface area contributed by atoms with Gasteiger partial charge in [0.25, 0.3) is 0 Å². The molecule has 0 aromatic rings. The van der Waals surface area contributed by atoms with Gasteiger partial charge in [-0.25, -0.2) is 0 Å². The van der Waals surface area contributed by atoms with Gasteiger partial charge in [-0.2, -0.15) is 0 Å². The first kappa shape index (κ1) is 19.9. The molecule has 0 spiro atoms. The minimum atomic E-state index is -0.361. The zero-order chi connectivity index (χ0) is 15.2. The van der Waals surface area contributed by atoms with Gasteiger partial charge in [0.15, 0.2) is 0 Å². The van der Waals surface area contributed by atoms with Crippen LogP contribution in [0.25, 0.3) is 0 Å². The summed E-state index contributed by atoms with van der Waals surface area (Å²) < 4.78 is 0. The third-order valence-corrected chi connectivity index (χ3v) is 6.21. The maximum Gasteiger partial charge on any atom is 0.0561 e. The number of rotatable bonds is 13. The predicted octanol–water partition coefficient (Wildman–Crippen LogP) is 3.68. The summed E-state index contributed by atoms with van der Waals surface area (Å²) in [7, 11) is -0.102. The van der Waals surface area contributed by atoms with Gasteiger partial charge in [-0.3, -0.25) is 0 Å². The lowest BCUT2D eigenvalue weighted by Crippen LogP contribution is -2.28. The Balaban J connectivity index is 3.31. The summed E-state index contributed by atoms with van der Waals surface area (Å²) in [6.45, 7) is 5.70. The zero-order valence-electron chi connectivity index (χ0n) is 13.9. The summed E-state index contributed by atoms with van der Waals surface area (Å²) in [6, 6.07) is 2.45. The Morgan fingerprint density at radius 3 is 2.00 bits per heavy atom. The van der Waals surface area contributed by atoms with Crippen molar-refractivity contribution in [3.05, 3.63) is 12.2 Å². The first-order valence-corrected chi connectivity index (χ1v) is 10.6. The van der Waals surface area contributed by atoms with Gasteiger partial charge in [-0.15, -0.1) is 0 Å². The van der Waals surface area contributed by atoms with Crippen molar-refractivity contribution >= 4 is 9.52 Å². The van der Waals surface area contributed by atoms with E-state index in [1.54, 1.807) is 13.8 Å². The third-order valence-electron chi connectivity index (χ3n) is 4.13. The lowest BCUT2D eigenvalue weighted by molar-refractivity contribution is 0.0421. The Labute approximate surface area is 128 Å². The van der Waals surface area contributed by atoms with Crippen molar-refractivity contribution in [3.8, 4) is 0 Å². The molecule has 0 fully saturated rings. The molecule has 120 valence electrons. The summed E-state index contributed by atoms with van der Waals surface area (Å²) in [6.07, 6.45) is 13.1. The van der Waals surface area contributed by atoms with Crippen molar-refractivity contribution < 1.29 is 10.2 Å². The van der Waals surface area contributed by atoms with Crippen LogP contribution in [-0.4, -0.2) is 31.9 Å². The number of hydrogen-bond donors (Lipinski definition) is 2. The lowest BCUT2D eigenvalue weighted by Gasteiger charge is -2.22. The molecule has 3 heteroatoms. The Morgan fingerprint density at radius 1 is 0.900 bits per heavy atom. The standard InChI is InChI=1S/C17H36O2Si/c1-4-5-6-7-8-9-10-11-12-13-20-14-17(15(2)18)16(3)19/h4-5,15-19H,6-14,20H2,1-3H3. The van der Waals surface area contributed by atoms with Crippen LogP contribution in [-0.2, 0) is 0 Å². The minimum absolute atomic E-state index is 0.102. The summed E-state index contributed by atoms with van der Waals surface area (Å²) in [5.41, 5.74) is 0. The molecule has 0 aromatic carbocycles. The molecule has 0 aromatic heterocycles. The Kier molecular flexibility index (Phi) is 13.8. The highest BCUT2D eigenvalue weighted by Crippen LogP contribution is 2.16. The van der Waals surface area contributed by atoms with Crippen LogP contribution in [0.2, 0.25) is 12.1 Å². The molecular formula is C17H36O2Si. The highest BCUT2D eigenvalue weighted by atomic mass is 28.2. The van der Waals surface area contributed by atoms with E-state index in [4.69, 9.17) is 0 Å². The van der Waals surface area contributed by atoms with Crippen molar-refractivity contribution in [2.45, 2.75) is 90.0 Å². The molecule has 0 rings (SSSR count). The van der Waals surface area contributed by atoms with Crippen LogP contribution >= 0.6 is 0 Å². The molecular weight excluding hydrogens is 264 g/mol. The fourth-order valence-electron chi connectivity index (χ4n) is 2.76. The van der Waals surface area contributed by atoms with Crippen LogP contribution in [0.1, 0.15) is 65.7 Å². The first-order chi connectivity index (χ1) is 9.59. The molecule has 0 saturated carbocycles. The molecule has 0 aliphatic carbocycles. The highest BCUT2D eigenvalue weighted by molar-refractivity contribution is 6.35. The molecule has 0 aliphatic heterocycles. The molecule has 2 atom stereocenters. The third kappa shape index (κ3) is 11.7. The van der Waals surface area contributed by atoms with E-state index in [1.165, 1.54) is 51.0 Å². The second-order valence-electron chi connectivity index (χ2n) is 6.12. The molecule has 0 heterocycles. The maximum absolute atomic E-state index is 9.60. The quantitative estimate of drug-likeness (QED) is 0.309. The van der Waals surface area contributed by atoms with Crippen LogP contribution in [0.5, 0.6) is 0 Å². The Hall–Kier alpha value is -0.123. The van der Waals surface area contributed by atoms with Crippen molar-refractivity contribution in [3.63, 3.8) is 0 Å². The van der Waals surface area contributed by atoms with E-state index >= 15 is 0 Å². The SMILES string of the molecule is CC=CCCCCCCCC[SiH2]CC(C(C)O)C(C)O. The number of aliphatic hydroxyl groups excluding tert-OH is 2. The van der Waals surface area contributed by atoms with Crippen LogP contribution < -0.4 is 0 Å². The van der Waals surface area contributed by atoms with Gasteiger partial charge in [0.2, 0.25) is 0 Å². The number of unbranched alkanes of at least 4 members (excludes halogenated alkanes) is 6.